The number of hydrogen-bond donors (Lipinski definition) is 1. The van der Waals surface area contributed by atoms with Gasteiger partial charge in [-0.25, -0.2) is 0 Å². The minimum atomic E-state index is -0.352. The third-order valence-electron chi connectivity index (χ3n) is 6.66. The van der Waals surface area contributed by atoms with Crippen LogP contribution in [0.3, 0.4) is 0 Å². The fraction of sp³-hybridized carbons (Fsp3) is 0.167. The van der Waals surface area contributed by atoms with Crippen molar-refractivity contribution < 1.29 is 4.79 Å². The number of halogens is 3. The standard InChI is InChI=1S/C30H24Cl3NO/c1-30(2)17-27-28(29(35)25(30)15-18-3-9-21(31)10-4-18)24(19-5-11-22(32)12-6-19)16-26(34-27)20-7-13-23(33)14-8-20/h3-16,24,34H,17H2,1-2H3/b25-15+. The van der Waals surface area contributed by atoms with Crippen LogP contribution in [-0.2, 0) is 4.79 Å². The molecular formula is C30H24Cl3NO. The van der Waals surface area contributed by atoms with Gasteiger partial charge in [-0.05, 0) is 77.1 Å². The molecule has 1 aliphatic heterocycles. The van der Waals surface area contributed by atoms with E-state index in [0.29, 0.717) is 21.5 Å². The van der Waals surface area contributed by atoms with Crippen molar-refractivity contribution in [3.63, 3.8) is 0 Å². The van der Waals surface area contributed by atoms with Crippen LogP contribution in [0.15, 0.2) is 95.7 Å². The average molecular weight is 521 g/mol. The Bertz CT molecular complexity index is 1380. The van der Waals surface area contributed by atoms with Gasteiger partial charge in [-0.3, -0.25) is 4.79 Å². The Labute approximate surface area is 220 Å². The molecule has 2 aliphatic rings. The number of ketones is 1. The highest BCUT2D eigenvalue weighted by molar-refractivity contribution is 6.31. The normalized spacial score (nSPS) is 20.4. The molecule has 0 amide bonds. The SMILES string of the molecule is CC1(C)CC2=C(C(=O)/C1=C\c1ccc(Cl)cc1)C(c1ccc(Cl)cc1)C=C(c1ccc(Cl)cc1)N2. The summed E-state index contributed by atoms with van der Waals surface area (Å²) < 4.78 is 0. The molecule has 5 rings (SSSR count). The molecule has 5 heteroatoms. The van der Waals surface area contributed by atoms with E-state index in [2.05, 4.69) is 25.2 Å². The number of Topliss-reactive ketones (excluding diaryl/α,β-unsaturated/α-hetero) is 1. The van der Waals surface area contributed by atoms with Crippen LogP contribution in [0.1, 0.15) is 42.9 Å². The molecule has 0 fully saturated rings. The van der Waals surface area contributed by atoms with E-state index in [1.807, 2.05) is 78.9 Å². The summed E-state index contributed by atoms with van der Waals surface area (Å²) in [7, 11) is 0. The molecule has 0 radical (unpaired) electrons. The fourth-order valence-electron chi connectivity index (χ4n) is 4.83. The van der Waals surface area contributed by atoms with E-state index >= 15 is 0 Å². The predicted molar refractivity (Wildman–Crippen MR) is 147 cm³/mol. The van der Waals surface area contributed by atoms with Crippen LogP contribution in [0.25, 0.3) is 11.8 Å². The van der Waals surface area contributed by atoms with Crippen molar-refractivity contribution in [2.45, 2.75) is 26.2 Å². The van der Waals surface area contributed by atoms with Crippen molar-refractivity contribution in [2.24, 2.45) is 5.41 Å². The molecule has 176 valence electrons. The number of carbonyl (C=O) groups excluding carboxylic acids is 1. The molecule has 1 heterocycles. The number of hydrogen-bond acceptors (Lipinski definition) is 2. The highest BCUT2D eigenvalue weighted by Gasteiger charge is 2.42. The van der Waals surface area contributed by atoms with E-state index in [-0.39, 0.29) is 17.1 Å². The third kappa shape index (κ3) is 4.84. The lowest BCUT2D eigenvalue weighted by Gasteiger charge is -2.40. The zero-order valence-corrected chi connectivity index (χ0v) is 21.7. The van der Waals surface area contributed by atoms with E-state index in [9.17, 15) is 4.79 Å². The van der Waals surface area contributed by atoms with Gasteiger partial charge in [0.15, 0.2) is 5.78 Å². The van der Waals surface area contributed by atoms with Crippen molar-refractivity contribution in [2.75, 3.05) is 0 Å². The summed E-state index contributed by atoms with van der Waals surface area (Å²) in [5.74, 6) is -0.142. The van der Waals surface area contributed by atoms with Crippen molar-refractivity contribution in [1.82, 2.24) is 5.32 Å². The van der Waals surface area contributed by atoms with Gasteiger partial charge in [0.05, 0.1) is 0 Å². The topological polar surface area (TPSA) is 29.1 Å². The Morgan fingerprint density at radius 3 is 1.97 bits per heavy atom. The smallest absolute Gasteiger partial charge is 0.188 e. The highest BCUT2D eigenvalue weighted by atomic mass is 35.5. The number of carbonyl (C=O) groups is 1. The summed E-state index contributed by atoms with van der Waals surface area (Å²) in [5.41, 5.74) is 6.15. The molecule has 1 N–H and O–H groups in total. The molecule has 0 saturated heterocycles. The summed E-state index contributed by atoms with van der Waals surface area (Å²) in [6, 6.07) is 23.1. The number of rotatable bonds is 3. The van der Waals surface area contributed by atoms with Crippen LogP contribution >= 0.6 is 34.8 Å². The van der Waals surface area contributed by atoms with Crippen molar-refractivity contribution >= 4 is 52.4 Å². The molecule has 3 aromatic carbocycles. The lowest BCUT2D eigenvalue weighted by atomic mass is 9.67. The molecule has 0 saturated carbocycles. The zero-order valence-electron chi connectivity index (χ0n) is 19.4. The first-order chi connectivity index (χ1) is 16.7. The first kappa shape index (κ1) is 23.9. The molecule has 0 aromatic heterocycles. The van der Waals surface area contributed by atoms with E-state index in [0.717, 1.165) is 39.2 Å². The highest BCUT2D eigenvalue weighted by Crippen LogP contribution is 2.48. The zero-order chi connectivity index (χ0) is 24.7. The van der Waals surface area contributed by atoms with Gasteiger partial charge in [-0.1, -0.05) is 85.0 Å². The first-order valence-electron chi connectivity index (χ1n) is 11.5. The maximum absolute atomic E-state index is 14.1. The molecule has 1 unspecified atom stereocenters. The lowest BCUT2D eigenvalue weighted by Crippen LogP contribution is -2.37. The second kappa shape index (κ2) is 9.35. The molecule has 1 aliphatic carbocycles. The van der Waals surface area contributed by atoms with E-state index < -0.39 is 0 Å². The van der Waals surface area contributed by atoms with Gasteiger partial charge in [-0.15, -0.1) is 0 Å². The van der Waals surface area contributed by atoms with Crippen LogP contribution in [0.4, 0.5) is 0 Å². The average Bonchev–Trinajstić information content (AvgIpc) is 2.83. The minimum Gasteiger partial charge on any atom is -0.358 e. The van der Waals surface area contributed by atoms with Crippen molar-refractivity contribution in [1.29, 1.82) is 0 Å². The Balaban J connectivity index is 1.63. The molecule has 1 atom stereocenters. The summed E-state index contributed by atoms with van der Waals surface area (Å²) in [6.45, 7) is 4.24. The summed E-state index contributed by atoms with van der Waals surface area (Å²) in [5, 5.41) is 5.61. The molecule has 35 heavy (non-hydrogen) atoms. The van der Waals surface area contributed by atoms with Crippen LogP contribution in [-0.4, -0.2) is 5.78 Å². The molecule has 3 aromatic rings. The summed E-state index contributed by atoms with van der Waals surface area (Å²) in [4.78, 5) is 14.1. The number of dihydropyridines is 1. The molecule has 0 spiro atoms. The van der Waals surface area contributed by atoms with Crippen molar-refractivity contribution in [3.05, 3.63) is 127 Å². The Hall–Kier alpha value is -2.78. The number of benzene rings is 3. The van der Waals surface area contributed by atoms with E-state index in [4.69, 9.17) is 34.8 Å². The maximum Gasteiger partial charge on any atom is 0.188 e. The molecule has 2 nitrogen and oxygen atoms in total. The summed E-state index contributed by atoms with van der Waals surface area (Å²) >= 11 is 18.4. The van der Waals surface area contributed by atoms with Crippen molar-refractivity contribution in [3.8, 4) is 0 Å². The number of allylic oxidation sites excluding steroid dienone is 4. The Kier molecular flexibility index (Phi) is 6.40. The van der Waals surface area contributed by atoms with Gasteiger partial charge in [-0.2, -0.15) is 0 Å². The van der Waals surface area contributed by atoms with Gasteiger partial charge in [0.2, 0.25) is 0 Å². The Morgan fingerprint density at radius 2 is 1.37 bits per heavy atom. The second-order valence-corrected chi connectivity index (χ2v) is 10.9. The first-order valence-corrected chi connectivity index (χ1v) is 12.6. The fourth-order valence-corrected chi connectivity index (χ4v) is 5.21. The number of nitrogens with one attached hydrogen (secondary N) is 1. The van der Waals surface area contributed by atoms with Gasteiger partial charge >= 0.3 is 0 Å². The Morgan fingerprint density at radius 1 is 0.829 bits per heavy atom. The van der Waals surface area contributed by atoms with Crippen LogP contribution < -0.4 is 5.32 Å². The second-order valence-electron chi connectivity index (χ2n) is 9.63. The summed E-state index contributed by atoms with van der Waals surface area (Å²) in [6.07, 6.45) is 4.84. The third-order valence-corrected chi connectivity index (χ3v) is 7.41. The van der Waals surface area contributed by atoms with Gasteiger partial charge in [0, 0.05) is 43.5 Å². The predicted octanol–water partition coefficient (Wildman–Crippen LogP) is 8.71. The maximum atomic E-state index is 14.1. The van der Waals surface area contributed by atoms with Gasteiger partial charge < -0.3 is 5.32 Å². The van der Waals surface area contributed by atoms with E-state index in [1.165, 1.54) is 0 Å². The van der Waals surface area contributed by atoms with Gasteiger partial charge in [0.25, 0.3) is 0 Å². The lowest BCUT2D eigenvalue weighted by molar-refractivity contribution is -0.113. The van der Waals surface area contributed by atoms with E-state index in [1.54, 1.807) is 0 Å². The quantitative estimate of drug-likeness (QED) is 0.350. The molecule has 0 bridgehead atoms. The van der Waals surface area contributed by atoms with Crippen LogP contribution in [0.2, 0.25) is 15.1 Å². The molecular weight excluding hydrogens is 497 g/mol. The largest absolute Gasteiger partial charge is 0.358 e. The van der Waals surface area contributed by atoms with Crippen LogP contribution in [0.5, 0.6) is 0 Å². The van der Waals surface area contributed by atoms with Crippen LogP contribution in [0, 0.1) is 5.41 Å². The monoisotopic (exact) mass is 519 g/mol. The minimum absolute atomic E-state index is 0.0602. The van der Waals surface area contributed by atoms with Gasteiger partial charge in [0.1, 0.15) is 0 Å².